The molecule has 0 spiro atoms. The van der Waals surface area contributed by atoms with Crippen LogP contribution in [0.3, 0.4) is 0 Å². The summed E-state index contributed by atoms with van der Waals surface area (Å²) < 4.78 is 12.7. The van der Waals surface area contributed by atoms with Gasteiger partial charge in [-0.3, -0.25) is 24.6 Å². The summed E-state index contributed by atoms with van der Waals surface area (Å²) in [7, 11) is -3.65. The molecule has 5 atom stereocenters. The van der Waals surface area contributed by atoms with Gasteiger partial charge in [-0.05, 0) is 231 Å². The van der Waals surface area contributed by atoms with E-state index in [0.29, 0.717) is 0 Å². The first-order chi connectivity index (χ1) is 74.5. The second-order valence-electron chi connectivity index (χ2n) is 38.8. The monoisotopic (exact) mass is 2000 g/mol. The van der Waals surface area contributed by atoms with Crippen LogP contribution >= 0.6 is 40.4 Å². The highest BCUT2D eigenvalue weighted by molar-refractivity contribution is 7.77. The summed E-state index contributed by atoms with van der Waals surface area (Å²) in [6.07, 6.45) is 15.6. The summed E-state index contributed by atoms with van der Waals surface area (Å²) in [5.41, 5.74) is 37.0. The Hall–Kier alpha value is -17.4. The number of hydrogen-bond donors (Lipinski definition) is 0. The predicted octanol–water partition coefficient (Wildman–Crippen LogP) is 31.9. The minimum atomic E-state index is -0.754. The van der Waals surface area contributed by atoms with E-state index in [-0.39, 0.29) is 0 Å². The molecule has 0 radical (unpaired) electrons. The fourth-order valence-corrected chi connectivity index (χ4v) is 38.1. The fraction of sp³-hybridized carbons (Fsp3) is 0. The standard InChI is InChI=1S/5C27H17N2P/c1-2-9-19-17-26-23(16-18(19)8-1)20-10-3-5-13-24(20)29-27-22(12-7-15-28-27)21-11-4-6-14-25(21)30(26)29;1-2-9-19-17-26-22(16-18(19)8-1)20-10-3-5-12-23(20)29-24-13-7-15-28-27(24)21-11-4-6-14-25(21)30(26)29;1-2-8-19-16-24-23(15-18(19)7-1)22-10-4-6-12-27(22)30-26-11-5-3-9-21(26)20-13-14-28-17-25(20)29(24)30;1-2-8-19-16-27-23(15-18(19)7-1)20-9-3-5-11-24(20)29-25-17-28-14-13-21(25)22-10-4-6-12-26(22)30(27)29;1-2-8-19-16-27-22(15-18(19)7-1)20-9-3-5-11-24(20)29-25-13-14-28-17-23(25)21-10-4-6-12-26(21)30(27)29/h5*1-17H. The van der Waals surface area contributed by atoms with Gasteiger partial charge in [0.2, 0.25) is 0 Å². The van der Waals surface area contributed by atoms with E-state index in [4.69, 9.17) is 9.97 Å². The van der Waals surface area contributed by atoms with Crippen molar-refractivity contribution in [1.29, 1.82) is 0 Å². The number of pyridine rings is 5. The molecule has 0 amide bonds. The first-order valence-corrected chi connectivity index (χ1v) is 57.3. The van der Waals surface area contributed by atoms with E-state index in [1.54, 1.807) is 0 Å². The van der Waals surface area contributed by atoms with Gasteiger partial charge in [-0.1, -0.05) is 340 Å². The van der Waals surface area contributed by atoms with E-state index in [1.165, 1.54) is 264 Å². The zero-order chi connectivity index (χ0) is 98.3. The number of hydrogen-bond acceptors (Lipinski definition) is 10. The maximum atomic E-state index is 4.88. The lowest BCUT2D eigenvalue weighted by Gasteiger charge is -2.44. The van der Waals surface area contributed by atoms with Gasteiger partial charge >= 0.3 is 0 Å². The number of fused-ring (bicyclic) bond motifs is 60. The Kier molecular flexibility index (Phi) is 20.4. The quantitative estimate of drug-likeness (QED) is 0.137. The van der Waals surface area contributed by atoms with Gasteiger partial charge in [-0.25, -0.2) is 4.98 Å². The highest BCUT2D eigenvalue weighted by Gasteiger charge is 2.47. The van der Waals surface area contributed by atoms with Crippen molar-refractivity contribution in [1.82, 2.24) is 24.9 Å². The summed E-state index contributed by atoms with van der Waals surface area (Å²) in [5.74, 6) is 1.06. The molecular formula is C135H85N10P5. The minimum absolute atomic E-state index is 0.713. The summed E-state index contributed by atoms with van der Waals surface area (Å²) in [6, 6.07) is 171. The molecule has 10 aliphatic heterocycles. The van der Waals surface area contributed by atoms with E-state index in [9.17, 15) is 0 Å². The molecule has 150 heavy (non-hydrogen) atoms. The Bertz CT molecular complexity index is 8680. The lowest BCUT2D eigenvalue weighted by Crippen LogP contribution is -2.34. The van der Waals surface area contributed by atoms with Gasteiger partial charge < -0.3 is 18.7 Å². The lowest BCUT2D eigenvalue weighted by atomic mass is 9.97. The summed E-state index contributed by atoms with van der Waals surface area (Å²) in [6.45, 7) is 0. The average molecular weight is 2000 g/mol. The first kappa shape index (κ1) is 86.9. The van der Waals surface area contributed by atoms with Gasteiger partial charge in [0.05, 0.1) is 110 Å². The minimum Gasteiger partial charge on any atom is -0.310 e. The highest BCUT2D eigenvalue weighted by Crippen LogP contribution is 2.68. The Balaban J connectivity index is 0.0000000844. The number of nitrogens with zero attached hydrogens (tertiary/aromatic N) is 10. The van der Waals surface area contributed by atoms with Gasteiger partial charge in [-0.2, -0.15) is 0 Å². The Labute approximate surface area is 874 Å². The first-order valence-electron chi connectivity index (χ1n) is 50.8. The summed E-state index contributed by atoms with van der Waals surface area (Å²) in [4.78, 5) is 23.2. The van der Waals surface area contributed by atoms with Crippen LogP contribution in [-0.4, -0.2) is 24.9 Å². The lowest BCUT2D eigenvalue weighted by molar-refractivity contribution is 1.24. The molecule has 5 aromatic heterocycles. The molecule has 0 saturated carbocycles. The van der Waals surface area contributed by atoms with Crippen molar-refractivity contribution in [3.63, 3.8) is 0 Å². The van der Waals surface area contributed by atoms with Gasteiger partial charge in [-0.15, -0.1) is 0 Å². The molecule has 5 unspecified atom stereocenters. The molecule has 0 saturated heterocycles. The molecular weight excluding hydrogens is 1920 g/mol. The van der Waals surface area contributed by atoms with Crippen LogP contribution < -0.4 is 76.4 Å². The van der Waals surface area contributed by atoms with Crippen molar-refractivity contribution in [3.05, 3.63) is 517 Å². The number of rotatable bonds is 0. The van der Waals surface area contributed by atoms with Gasteiger partial charge in [0.25, 0.3) is 0 Å². The van der Waals surface area contributed by atoms with E-state index in [1.807, 2.05) is 55.6 Å². The molecule has 25 aromatic rings. The largest absolute Gasteiger partial charge is 0.310 e. The number of aromatic nitrogens is 5. The van der Waals surface area contributed by atoms with Crippen molar-refractivity contribution in [2.45, 2.75) is 0 Å². The maximum Gasteiger partial charge on any atom is 0.144 e. The molecule has 0 bridgehead atoms. The fourth-order valence-electron chi connectivity index (χ4n) is 24.2. The van der Waals surface area contributed by atoms with Gasteiger partial charge in [0.1, 0.15) is 5.82 Å². The molecule has 15 heterocycles. The summed E-state index contributed by atoms with van der Waals surface area (Å²) in [5, 5.41) is 27.0. The van der Waals surface area contributed by atoms with Crippen LogP contribution in [-0.2, 0) is 0 Å². The SMILES string of the molecule is c1ccc2c(c1)-c1cc3ccccc3cc1P1c3ccccc3-c3cccnc3N21.c1ccc2c(c1)-c1cc3ccccc3cc1P1c3ccccc3-c3ccncc3N21.c1ccc2c(c1)-c1cc3ccccc3cc1P1c3ccccc3-c3cnccc3N21.c1ccc2c(c1)-c1cc3ccccc3cc1P1c3ccccc3-c3ncccc3N21.c1ccc2c(c1)-c1ccncc1N1c3cc4ccccc4cc3-c3ccccc3P21. The second-order valence-corrected chi connectivity index (χ2v) is 48.7. The maximum absolute atomic E-state index is 4.88. The van der Waals surface area contributed by atoms with Crippen LogP contribution in [0, 0.1) is 0 Å². The number of para-hydroxylation sites is 4. The Morgan fingerprint density at radius 3 is 0.800 bits per heavy atom. The normalized spacial score (nSPS) is 15.6. The molecule has 20 aromatic carbocycles. The summed E-state index contributed by atoms with van der Waals surface area (Å²) >= 11 is 0. The molecule has 15 heteroatoms. The van der Waals surface area contributed by atoms with Crippen molar-refractivity contribution in [3.8, 4) is 111 Å². The molecule has 0 N–H and O–H groups in total. The van der Waals surface area contributed by atoms with Crippen LogP contribution in [0.1, 0.15) is 0 Å². The van der Waals surface area contributed by atoms with E-state index < -0.39 is 40.4 Å². The molecule has 0 fully saturated rings. The zero-order valence-electron chi connectivity index (χ0n) is 80.8. The van der Waals surface area contributed by atoms with Crippen molar-refractivity contribution in [2.24, 2.45) is 0 Å². The third-order valence-electron chi connectivity index (χ3n) is 30.7. The zero-order valence-corrected chi connectivity index (χ0v) is 85.3. The van der Waals surface area contributed by atoms with Crippen molar-refractivity contribution < 1.29 is 0 Å². The molecule has 0 aliphatic carbocycles. The van der Waals surface area contributed by atoms with Crippen LogP contribution in [0.4, 0.5) is 57.0 Å². The number of benzene rings is 20. The van der Waals surface area contributed by atoms with Crippen molar-refractivity contribution in [2.75, 3.05) is 23.4 Å². The Morgan fingerprint density at radius 1 is 0.133 bits per heavy atom. The average Bonchev–Trinajstić information content (AvgIpc) is 0.721. The van der Waals surface area contributed by atoms with Crippen LogP contribution in [0.15, 0.2) is 517 Å². The molecule has 10 aliphatic rings. The smallest absolute Gasteiger partial charge is 0.144 e. The highest BCUT2D eigenvalue weighted by atomic mass is 31.1. The molecule has 700 valence electrons. The third kappa shape index (κ3) is 13.5. The van der Waals surface area contributed by atoms with Crippen molar-refractivity contribution >= 4 is 204 Å². The molecule has 10 nitrogen and oxygen atoms in total. The third-order valence-corrected chi connectivity index (χ3v) is 43.2. The van der Waals surface area contributed by atoms with Crippen LogP contribution in [0.5, 0.6) is 0 Å². The van der Waals surface area contributed by atoms with Crippen LogP contribution in [0.2, 0.25) is 0 Å². The van der Waals surface area contributed by atoms with E-state index >= 15 is 0 Å². The van der Waals surface area contributed by atoms with E-state index in [0.717, 1.165) is 11.5 Å². The van der Waals surface area contributed by atoms with Gasteiger partial charge in [0.15, 0.2) is 0 Å². The van der Waals surface area contributed by atoms with E-state index in [2.05, 4.69) is 499 Å². The Morgan fingerprint density at radius 2 is 0.380 bits per heavy atom. The van der Waals surface area contributed by atoms with Crippen LogP contribution in [0.25, 0.3) is 165 Å². The molecule has 35 rings (SSSR count). The van der Waals surface area contributed by atoms with Gasteiger partial charge in [0, 0.05) is 146 Å². The predicted molar refractivity (Wildman–Crippen MR) is 637 cm³/mol. The number of anilines is 10. The second kappa shape index (κ2) is 35.2. The topological polar surface area (TPSA) is 80.7 Å².